The molecule has 146 valence electrons. The SMILES string of the molecule is Cc1cc(C)n(CCCNC(=O)C(NC(=O)c2ccc(Br)cc2)C(C)C)n1. The summed E-state index contributed by atoms with van der Waals surface area (Å²) < 4.78 is 2.84. The van der Waals surface area contributed by atoms with Gasteiger partial charge >= 0.3 is 0 Å². The third-order valence-corrected chi connectivity index (χ3v) is 4.82. The van der Waals surface area contributed by atoms with E-state index in [2.05, 4.69) is 31.7 Å². The van der Waals surface area contributed by atoms with Crippen LogP contribution < -0.4 is 10.6 Å². The third-order valence-electron chi connectivity index (χ3n) is 4.29. The van der Waals surface area contributed by atoms with Crippen molar-refractivity contribution < 1.29 is 9.59 Å². The van der Waals surface area contributed by atoms with Crippen LogP contribution in [0.2, 0.25) is 0 Å². The smallest absolute Gasteiger partial charge is 0.251 e. The standard InChI is InChI=1S/C20H27BrN4O2/c1-13(2)18(23-19(26)16-6-8-17(21)9-7-16)20(27)22-10-5-11-25-15(4)12-14(3)24-25/h6-9,12-13,18H,5,10-11H2,1-4H3,(H,22,27)(H,23,26). The molecule has 1 unspecified atom stereocenters. The maximum atomic E-state index is 12.5. The van der Waals surface area contributed by atoms with Crippen LogP contribution in [-0.2, 0) is 11.3 Å². The van der Waals surface area contributed by atoms with Crippen molar-refractivity contribution in [2.24, 2.45) is 5.92 Å². The van der Waals surface area contributed by atoms with Gasteiger partial charge in [-0.2, -0.15) is 5.10 Å². The second kappa shape index (κ2) is 9.69. The van der Waals surface area contributed by atoms with Gasteiger partial charge in [-0.3, -0.25) is 14.3 Å². The van der Waals surface area contributed by atoms with Crippen LogP contribution in [0.5, 0.6) is 0 Å². The first-order valence-corrected chi connectivity index (χ1v) is 9.92. The van der Waals surface area contributed by atoms with Crippen molar-refractivity contribution in [3.8, 4) is 0 Å². The van der Waals surface area contributed by atoms with Crippen molar-refractivity contribution in [3.05, 3.63) is 51.8 Å². The summed E-state index contributed by atoms with van der Waals surface area (Å²) in [5.74, 6) is -0.428. The zero-order valence-electron chi connectivity index (χ0n) is 16.3. The maximum absolute atomic E-state index is 12.5. The predicted molar refractivity (Wildman–Crippen MR) is 110 cm³/mol. The number of nitrogens with one attached hydrogen (secondary N) is 2. The monoisotopic (exact) mass is 434 g/mol. The van der Waals surface area contributed by atoms with Gasteiger partial charge in [-0.05, 0) is 56.5 Å². The van der Waals surface area contributed by atoms with Gasteiger partial charge < -0.3 is 10.6 Å². The van der Waals surface area contributed by atoms with Crippen molar-refractivity contribution in [2.45, 2.75) is 46.7 Å². The van der Waals surface area contributed by atoms with Gasteiger partial charge in [0.2, 0.25) is 5.91 Å². The van der Waals surface area contributed by atoms with Crippen molar-refractivity contribution >= 4 is 27.7 Å². The Morgan fingerprint density at radius 1 is 1.19 bits per heavy atom. The average molecular weight is 435 g/mol. The fourth-order valence-corrected chi connectivity index (χ4v) is 3.08. The van der Waals surface area contributed by atoms with Crippen LogP contribution in [0.3, 0.4) is 0 Å². The number of hydrogen-bond donors (Lipinski definition) is 2. The minimum absolute atomic E-state index is 0.0135. The van der Waals surface area contributed by atoms with Gasteiger partial charge in [0.25, 0.3) is 5.91 Å². The van der Waals surface area contributed by atoms with E-state index in [9.17, 15) is 9.59 Å². The Hall–Kier alpha value is -2.15. The molecule has 6 nitrogen and oxygen atoms in total. The Morgan fingerprint density at radius 2 is 1.85 bits per heavy atom. The van der Waals surface area contributed by atoms with E-state index < -0.39 is 6.04 Å². The van der Waals surface area contributed by atoms with E-state index in [1.165, 1.54) is 0 Å². The number of amides is 2. The molecule has 0 aliphatic heterocycles. The van der Waals surface area contributed by atoms with E-state index in [0.717, 1.165) is 28.8 Å². The average Bonchev–Trinajstić information content (AvgIpc) is 2.93. The molecule has 0 spiro atoms. The zero-order valence-corrected chi connectivity index (χ0v) is 17.8. The lowest BCUT2D eigenvalue weighted by Crippen LogP contribution is -2.50. The van der Waals surface area contributed by atoms with Crippen molar-refractivity contribution in [1.29, 1.82) is 0 Å². The predicted octanol–water partition coefficient (Wildman–Crippen LogP) is 3.22. The molecule has 0 aliphatic carbocycles. The molecule has 1 heterocycles. The molecule has 1 atom stereocenters. The third kappa shape index (κ3) is 6.20. The van der Waals surface area contributed by atoms with Gasteiger partial charge in [-0.1, -0.05) is 29.8 Å². The molecule has 2 amide bonds. The molecule has 0 bridgehead atoms. The van der Waals surface area contributed by atoms with Crippen molar-refractivity contribution in [2.75, 3.05) is 6.54 Å². The van der Waals surface area contributed by atoms with Crippen LogP contribution >= 0.6 is 15.9 Å². The molecular formula is C20H27BrN4O2. The Bertz CT molecular complexity index is 784. The molecule has 1 aromatic heterocycles. The van der Waals surface area contributed by atoms with E-state index in [1.807, 2.05) is 38.4 Å². The first-order chi connectivity index (χ1) is 12.8. The van der Waals surface area contributed by atoms with Crippen LogP contribution in [-0.4, -0.2) is 34.2 Å². The summed E-state index contributed by atoms with van der Waals surface area (Å²) in [4.78, 5) is 24.9. The topological polar surface area (TPSA) is 76.0 Å². The van der Waals surface area contributed by atoms with E-state index in [1.54, 1.807) is 24.3 Å². The number of rotatable bonds is 8. The highest BCUT2D eigenvalue weighted by atomic mass is 79.9. The number of aromatic nitrogens is 2. The molecule has 0 saturated carbocycles. The minimum Gasteiger partial charge on any atom is -0.354 e. The highest BCUT2D eigenvalue weighted by Gasteiger charge is 2.24. The van der Waals surface area contributed by atoms with E-state index in [4.69, 9.17) is 0 Å². The summed E-state index contributed by atoms with van der Waals surface area (Å²) in [5.41, 5.74) is 2.63. The van der Waals surface area contributed by atoms with Gasteiger partial charge in [0.15, 0.2) is 0 Å². The molecule has 2 rings (SSSR count). The van der Waals surface area contributed by atoms with Gasteiger partial charge in [-0.25, -0.2) is 0 Å². The fraction of sp³-hybridized carbons (Fsp3) is 0.450. The molecule has 0 radical (unpaired) electrons. The molecule has 0 aliphatic rings. The molecule has 2 N–H and O–H groups in total. The van der Waals surface area contributed by atoms with Crippen molar-refractivity contribution in [1.82, 2.24) is 20.4 Å². The van der Waals surface area contributed by atoms with Crippen LogP contribution in [0.4, 0.5) is 0 Å². The summed E-state index contributed by atoms with van der Waals surface area (Å²) in [6.07, 6.45) is 0.777. The molecule has 2 aromatic rings. The van der Waals surface area contributed by atoms with E-state index in [0.29, 0.717) is 12.1 Å². The maximum Gasteiger partial charge on any atom is 0.251 e. The van der Waals surface area contributed by atoms with Gasteiger partial charge in [0.05, 0.1) is 5.69 Å². The number of benzene rings is 1. The summed E-state index contributed by atoms with van der Waals surface area (Å²) in [7, 11) is 0. The molecule has 1 aromatic carbocycles. The number of carbonyl (C=O) groups excluding carboxylic acids is 2. The lowest BCUT2D eigenvalue weighted by molar-refractivity contribution is -0.123. The second-order valence-electron chi connectivity index (χ2n) is 7.00. The highest BCUT2D eigenvalue weighted by Crippen LogP contribution is 2.11. The van der Waals surface area contributed by atoms with Crippen LogP contribution in [0.15, 0.2) is 34.8 Å². The molecular weight excluding hydrogens is 408 g/mol. The van der Waals surface area contributed by atoms with Crippen LogP contribution in [0.25, 0.3) is 0 Å². The quantitative estimate of drug-likeness (QED) is 0.626. The Morgan fingerprint density at radius 3 is 2.41 bits per heavy atom. The van der Waals surface area contributed by atoms with Crippen molar-refractivity contribution in [3.63, 3.8) is 0 Å². The first kappa shape index (κ1) is 21.2. The molecule has 0 saturated heterocycles. The molecule has 27 heavy (non-hydrogen) atoms. The Labute approximate surface area is 168 Å². The number of halogens is 1. The highest BCUT2D eigenvalue weighted by molar-refractivity contribution is 9.10. The summed E-state index contributed by atoms with van der Waals surface area (Å²) >= 11 is 3.35. The van der Waals surface area contributed by atoms with Gasteiger partial charge in [0.1, 0.15) is 6.04 Å². The number of hydrogen-bond acceptors (Lipinski definition) is 3. The lowest BCUT2D eigenvalue weighted by atomic mass is 10.0. The summed E-state index contributed by atoms with van der Waals surface area (Å²) in [6, 6.07) is 8.52. The Kier molecular flexibility index (Phi) is 7.59. The zero-order chi connectivity index (χ0) is 20.0. The minimum atomic E-state index is -0.574. The fourth-order valence-electron chi connectivity index (χ4n) is 2.81. The normalized spacial score (nSPS) is 12.1. The Balaban J connectivity index is 1.85. The second-order valence-corrected chi connectivity index (χ2v) is 7.91. The first-order valence-electron chi connectivity index (χ1n) is 9.13. The summed E-state index contributed by atoms with van der Waals surface area (Å²) in [5, 5.41) is 10.2. The summed E-state index contributed by atoms with van der Waals surface area (Å²) in [6.45, 7) is 9.10. The number of carbonyl (C=O) groups is 2. The van der Waals surface area contributed by atoms with Gasteiger partial charge in [-0.15, -0.1) is 0 Å². The number of nitrogens with zero attached hydrogens (tertiary/aromatic N) is 2. The van der Waals surface area contributed by atoms with Gasteiger partial charge in [0, 0.05) is 28.8 Å². The van der Waals surface area contributed by atoms with E-state index in [-0.39, 0.29) is 17.7 Å². The number of aryl methyl sites for hydroxylation is 3. The molecule has 7 heteroatoms. The molecule has 0 fully saturated rings. The van der Waals surface area contributed by atoms with Crippen LogP contribution in [0, 0.1) is 19.8 Å². The largest absolute Gasteiger partial charge is 0.354 e. The lowest BCUT2D eigenvalue weighted by Gasteiger charge is -2.22. The van der Waals surface area contributed by atoms with Crippen LogP contribution in [0.1, 0.15) is 42.0 Å². The van der Waals surface area contributed by atoms with E-state index >= 15 is 0 Å².